The highest BCUT2D eigenvalue weighted by Gasteiger charge is 2.30. The molecule has 90 valence electrons. The van der Waals surface area contributed by atoms with Crippen LogP contribution in [0.5, 0.6) is 0 Å². The van der Waals surface area contributed by atoms with Gasteiger partial charge in [-0.1, -0.05) is 12.1 Å². The molecule has 0 saturated carbocycles. The van der Waals surface area contributed by atoms with Gasteiger partial charge in [0.15, 0.2) is 0 Å². The molecule has 0 unspecified atom stereocenters. The third kappa shape index (κ3) is 2.14. The molecule has 1 aliphatic heterocycles. The van der Waals surface area contributed by atoms with Gasteiger partial charge in [0.25, 0.3) is 0 Å². The zero-order valence-electron chi connectivity index (χ0n) is 10.4. The predicted octanol–water partition coefficient (Wildman–Crippen LogP) is 2.94. The van der Waals surface area contributed by atoms with Gasteiger partial charge in [-0.05, 0) is 62.3 Å². The third-order valence-electron chi connectivity index (χ3n) is 4.07. The quantitative estimate of drug-likeness (QED) is 0.799. The first kappa shape index (κ1) is 11.0. The van der Waals surface area contributed by atoms with E-state index in [1.54, 1.807) is 0 Å². The molecule has 0 spiro atoms. The lowest BCUT2D eigenvalue weighted by atomic mass is 9.77. The van der Waals surface area contributed by atoms with E-state index in [0.29, 0.717) is 6.04 Å². The van der Waals surface area contributed by atoms with Crippen molar-refractivity contribution in [1.29, 1.82) is 0 Å². The van der Waals surface area contributed by atoms with Crippen LogP contribution in [0.1, 0.15) is 36.9 Å². The van der Waals surface area contributed by atoms with E-state index in [-0.39, 0.29) is 0 Å². The first-order chi connectivity index (χ1) is 8.34. The molecule has 0 amide bonds. The largest absolute Gasteiger partial charge is 0.310 e. The van der Waals surface area contributed by atoms with Crippen molar-refractivity contribution in [1.82, 2.24) is 10.3 Å². The van der Waals surface area contributed by atoms with Gasteiger partial charge in [0.1, 0.15) is 0 Å². The summed E-state index contributed by atoms with van der Waals surface area (Å²) in [5.41, 5.74) is 3.88. The summed E-state index contributed by atoms with van der Waals surface area (Å²) in [5, 5.41) is 3.69. The van der Waals surface area contributed by atoms with Crippen LogP contribution >= 0.6 is 0 Å². The summed E-state index contributed by atoms with van der Waals surface area (Å²) in [6, 6.07) is 4.90. The average molecular weight is 228 g/mol. The molecule has 1 aromatic heterocycles. The third-order valence-corrected chi connectivity index (χ3v) is 4.07. The highest BCUT2D eigenvalue weighted by atomic mass is 14.9. The number of allylic oxidation sites excluding steroid dienone is 1. The van der Waals surface area contributed by atoms with Crippen molar-refractivity contribution >= 4 is 5.57 Å². The van der Waals surface area contributed by atoms with Crippen LogP contribution in [0.25, 0.3) is 5.57 Å². The number of hydrogen-bond donors (Lipinski definition) is 1. The van der Waals surface area contributed by atoms with E-state index < -0.39 is 0 Å². The van der Waals surface area contributed by atoms with Gasteiger partial charge in [0.2, 0.25) is 0 Å². The number of nitrogens with one attached hydrogen (secondary N) is 1. The van der Waals surface area contributed by atoms with Crippen LogP contribution in [0.2, 0.25) is 0 Å². The number of hydrogen-bond acceptors (Lipinski definition) is 2. The van der Waals surface area contributed by atoms with Crippen LogP contribution in [-0.2, 0) is 0 Å². The second-order valence-corrected chi connectivity index (χ2v) is 5.26. The van der Waals surface area contributed by atoms with Crippen molar-refractivity contribution < 1.29 is 0 Å². The van der Waals surface area contributed by atoms with Gasteiger partial charge in [-0.15, -0.1) is 0 Å². The van der Waals surface area contributed by atoms with Crippen LogP contribution in [0.4, 0.5) is 0 Å². The Kier molecular flexibility index (Phi) is 2.98. The first-order valence-electron chi connectivity index (χ1n) is 6.71. The highest BCUT2D eigenvalue weighted by molar-refractivity contribution is 5.70. The molecular formula is C15H20N2. The Morgan fingerprint density at radius 3 is 3.06 bits per heavy atom. The minimum absolute atomic E-state index is 0.571. The number of pyridine rings is 1. The van der Waals surface area contributed by atoms with Crippen molar-refractivity contribution in [2.24, 2.45) is 5.92 Å². The molecule has 1 N–H and O–H groups in total. The molecule has 1 saturated heterocycles. The van der Waals surface area contributed by atoms with Crippen molar-refractivity contribution in [3.05, 3.63) is 35.7 Å². The fourth-order valence-electron chi connectivity index (χ4n) is 3.15. The molecule has 2 atom stereocenters. The van der Waals surface area contributed by atoms with Gasteiger partial charge in [-0.25, -0.2) is 0 Å². The van der Waals surface area contributed by atoms with Crippen molar-refractivity contribution in [3.63, 3.8) is 0 Å². The molecule has 2 nitrogen and oxygen atoms in total. The van der Waals surface area contributed by atoms with Gasteiger partial charge < -0.3 is 5.32 Å². The lowest BCUT2D eigenvalue weighted by Crippen LogP contribution is -2.43. The van der Waals surface area contributed by atoms with Crippen LogP contribution in [0.3, 0.4) is 0 Å². The maximum atomic E-state index is 4.42. The van der Waals surface area contributed by atoms with Gasteiger partial charge in [-0.3, -0.25) is 4.98 Å². The standard InChI is InChI=1S/C15H20N2/c1-11-7-8-13(10-17-11)14-6-2-4-12-5-3-9-16-15(12)14/h6-8,10,12,15-16H,2-5,9H2,1H3/t12-,15+/m0/s1. The molecule has 0 aromatic carbocycles. The Bertz CT molecular complexity index is 419. The van der Waals surface area contributed by atoms with Crippen LogP contribution < -0.4 is 5.32 Å². The van der Waals surface area contributed by atoms with E-state index in [4.69, 9.17) is 0 Å². The summed E-state index contributed by atoms with van der Waals surface area (Å²) in [5.74, 6) is 0.838. The fraction of sp³-hybridized carbons (Fsp3) is 0.533. The molecule has 1 aliphatic carbocycles. The van der Waals surface area contributed by atoms with E-state index >= 15 is 0 Å². The average Bonchev–Trinajstić information content (AvgIpc) is 2.39. The maximum absolute atomic E-state index is 4.42. The zero-order valence-corrected chi connectivity index (χ0v) is 10.4. The van der Waals surface area contributed by atoms with E-state index in [0.717, 1.165) is 18.2 Å². The van der Waals surface area contributed by atoms with Crippen molar-refractivity contribution in [2.45, 2.75) is 38.6 Å². The second kappa shape index (κ2) is 4.61. The molecule has 1 aromatic rings. The fourth-order valence-corrected chi connectivity index (χ4v) is 3.15. The minimum atomic E-state index is 0.571. The molecule has 17 heavy (non-hydrogen) atoms. The number of piperidine rings is 1. The SMILES string of the molecule is Cc1ccc(C2=CCC[C@H]3CCCN[C@@H]23)cn1. The maximum Gasteiger partial charge on any atom is 0.0373 e. The summed E-state index contributed by atoms with van der Waals surface area (Å²) in [6.45, 7) is 3.21. The zero-order chi connectivity index (χ0) is 11.7. The van der Waals surface area contributed by atoms with Gasteiger partial charge in [0, 0.05) is 17.9 Å². The number of fused-ring (bicyclic) bond motifs is 1. The van der Waals surface area contributed by atoms with Gasteiger partial charge >= 0.3 is 0 Å². The van der Waals surface area contributed by atoms with Gasteiger partial charge in [-0.2, -0.15) is 0 Å². The molecule has 3 rings (SSSR count). The topological polar surface area (TPSA) is 24.9 Å². The Labute approximate surface area is 103 Å². The van der Waals surface area contributed by atoms with Crippen LogP contribution in [0, 0.1) is 12.8 Å². The number of rotatable bonds is 1. The molecule has 2 aliphatic rings. The van der Waals surface area contributed by atoms with Crippen LogP contribution in [0.15, 0.2) is 24.4 Å². The van der Waals surface area contributed by atoms with E-state index in [9.17, 15) is 0 Å². The summed E-state index contributed by atoms with van der Waals surface area (Å²) < 4.78 is 0. The molecule has 1 fully saturated rings. The number of aromatic nitrogens is 1. The lowest BCUT2D eigenvalue weighted by molar-refractivity contribution is 0.304. The van der Waals surface area contributed by atoms with Crippen molar-refractivity contribution in [2.75, 3.05) is 6.54 Å². The number of aryl methyl sites for hydroxylation is 1. The van der Waals surface area contributed by atoms with Gasteiger partial charge in [0.05, 0.1) is 0 Å². The minimum Gasteiger partial charge on any atom is -0.310 e. The molecule has 2 heteroatoms. The molecule has 0 bridgehead atoms. The first-order valence-corrected chi connectivity index (χ1v) is 6.71. The second-order valence-electron chi connectivity index (χ2n) is 5.26. The summed E-state index contributed by atoms with van der Waals surface area (Å²) >= 11 is 0. The van der Waals surface area contributed by atoms with E-state index in [1.165, 1.54) is 36.8 Å². The summed E-state index contributed by atoms with van der Waals surface area (Å²) in [4.78, 5) is 4.42. The Morgan fingerprint density at radius 1 is 1.29 bits per heavy atom. The molecular weight excluding hydrogens is 208 g/mol. The monoisotopic (exact) mass is 228 g/mol. The van der Waals surface area contributed by atoms with Crippen LogP contribution in [-0.4, -0.2) is 17.6 Å². The highest BCUT2D eigenvalue weighted by Crippen LogP contribution is 2.35. The molecule has 2 heterocycles. The van der Waals surface area contributed by atoms with E-state index in [2.05, 4.69) is 28.5 Å². The summed E-state index contributed by atoms with van der Waals surface area (Å²) in [7, 11) is 0. The molecule has 0 radical (unpaired) electrons. The Balaban J connectivity index is 1.90. The number of nitrogens with zero attached hydrogens (tertiary/aromatic N) is 1. The normalized spacial score (nSPS) is 28.4. The predicted molar refractivity (Wildman–Crippen MR) is 70.7 cm³/mol. The smallest absolute Gasteiger partial charge is 0.0373 e. The van der Waals surface area contributed by atoms with Crippen molar-refractivity contribution in [3.8, 4) is 0 Å². The Hall–Kier alpha value is -1.15. The Morgan fingerprint density at radius 2 is 2.24 bits per heavy atom. The lowest BCUT2D eigenvalue weighted by Gasteiger charge is -2.37. The summed E-state index contributed by atoms with van der Waals surface area (Å²) in [6.07, 6.45) is 9.73. The van der Waals surface area contributed by atoms with E-state index in [1.807, 2.05) is 13.1 Å².